The molecule has 0 unspecified atom stereocenters. The van der Waals surface area contributed by atoms with E-state index in [9.17, 15) is 18.0 Å². The molecule has 0 aromatic heterocycles. The first-order chi connectivity index (χ1) is 11.8. The van der Waals surface area contributed by atoms with E-state index >= 15 is 0 Å². The van der Waals surface area contributed by atoms with Gasteiger partial charge < -0.3 is 10.6 Å². The molecule has 2 amide bonds. The second kappa shape index (κ2) is 5.92. The van der Waals surface area contributed by atoms with Crippen molar-refractivity contribution in [3.05, 3.63) is 29.8 Å². The zero-order chi connectivity index (χ0) is 17.7. The van der Waals surface area contributed by atoms with E-state index in [0.717, 1.165) is 29.9 Å². The number of anilines is 1. The summed E-state index contributed by atoms with van der Waals surface area (Å²) in [6.07, 6.45) is 3.34. The number of hydrogen-bond acceptors (Lipinski definition) is 1. The Labute approximate surface area is 145 Å². The van der Waals surface area contributed by atoms with Crippen molar-refractivity contribution in [2.75, 3.05) is 11.9 Å². The fraction of sp³-hybridized carbons (Fsp3) is 0.632. The molecule has 4 aliphatic carbocycles. The highest BCUT2D eigenvalue weighted by Gasteiger charge is 2.50. The van der Waals surface area contributed by atoms with Crippen molar-refractivity contribution in [1.82, 2.24) is 5.32 Å². The molecule has 136 valence electrons. The molecule has 0 aliphatic heterocycles. The Kier molecular flexibility index (Phi) is 3.96. The molecule has 5 rings (SSSR count). The summed E-state index contributed by atoms with van der Waals surface area (Å²) in [5.41, 5.74) is -0.102. The van der Waals surface area contributed by atoms with E-state index < -0.39 is 11.7 Å². The van der Waals surface area contributed by atoms with Crippen molar-refractivity contribution in [3.63, 3.8) is 0 Å². The SMILES string of the molecule is O=C(NCC12CC3CC(CC(C3)C1)C2)Nc1ccc(C(F)(F)F)cc1. The number of urea groups is 1. The van der Waals surface area contributed by atoms with Gasteiger partial charge in [0.05, 0.1) is 5.56 Å². The molecule has 0 atom stereocenters. The monoisotopic (exact) mass is 352 g/mol. The van der Waals surface area contributed by atoms with Gasteiger partial charge in [0.15, 0.2) is 0 Å². The Morgan fingerprint density at radius 1 is 1.00 bits per heavy atom. The molecule has 4 bridgehead atoms. The van der Waals surface area contributed by atoms with Gasteiger partial charge >= 0.3 is 12.2 Å². The largest absolute Gasteiger partial charge is 0.416 e. The summed E-state index contributed by atoms with van der Waals surface area (Å²) in [7, 11) is 0. The van der Waals surface area contributed by atoms with Crippen molar-refractivity contribution < 1.29 is 18.0 Å². The number of hydrogen-bond donors (Lipinski definition) is 2. The highest BCUT2D eigenvalue weighted by atomic mass is 19.4. The van der Waals surface area contributed by atoms with Crippen molar-refractivity contribution in [3.8, 4) is 0 Å². The minimum atomic E-state index is -4.36. The predicted molar refractivity (Wildman–Crippen MR) is 89.1 cm³/mol. The smallest absolute Gasteiger partial charge is 0.337 e. The molecule has 4 saturated carbocycles. The number of halogens is 3. The van der Waals surface area contributed by atoms with E-state index in [2.05, 4.69) is 10.6 Å². The van der Waals surface area contributed by atoms with Gasteiger partial charge in [-0.3, -0.25) is 0 Å². The van der Waals surface area contributed by atoms with E-state index in [4.69, 9.17) is 0 Å². The lowest BCUT2D eigenvalue weighted by Crippen LogP contribution is -2.51. The average Bonchev–Trinajstić information content (AvgIpc) is 2.51. The number of rotatable bonds is 3. The van der Waals surface area contributed by atoms with Crippen LogP contribution in [0, 0.1) is 23.2 Å². The highest BCUT2D eigenvalue weighted by molar-refractivity contribution is 5.89. The summed E-state index contributed by atoms with van der Waals surface area (Å²) >= 11 is 0. The lowest BCUT2D eigenvalue weighted by Gasteiger charge is -2.56. The summed E-state index contributed by atoms with van der Waals surface area (Å²) < 4.78 is 37.7. The molecule has 25 heavy (non-hydrogen) atoms. The van der Waals surface area contributed by atoms with Crippen LogP contribution in [0.15, 0.2) is 24.3 Å². The molecule has 1 aromatic rings. The molecule has 0 radical (unpaired) electrons. The lowest BCUT2D eigenvalue weighted by atomic mass is 9.49. The molecular formula is C19H23F3N2O. The lowest BCUT2D eigenvalue weighted by molar-refractivity contribution is -0.137. The molecule has 0 saturated heterocycles. The van der Waals surface area contributed by atoms with E-state index in [0.29, 0.717) is 12.2 Å². The van der Waals surface area contributed by atoms with E-state index in [1.54, 1.807) is 0 Å². The quantitative estimate of drug-likeness (QED) is 0.786. The van der Waals surface area contributed by atoms with Gasteiger partial charge in [0.2, 0.25) is 0 Å². The van der Waals surface area contributed by atoms with Crippen LogP contribution >= 0.6 is 0 Å². The van der Waals surface area contributed by atoms with E-state index in [1.165, 1.54) is 50.7 Å². The highest BCUT2D eigenvalue weighted by Crippen LogP contribution is 2.59. The Balaban J connectivity index is 1.32. The van der Waals surface area contributed by atoms with Crippen LogP contribution in [0.25, 0.3) is 0 Å². The zero-order valence-electron chi connectivity index (χ0n) is 14.0. The maximum atomic E-state index is 12.6. The predicted octanol–water partition coefficient (Wildman–Crippen LogP) is 5.04. The van der Waals surface area contributed by atoms with Crippen molar-refractivity contribution >= 4 is 11.7 Å². The fourth-order valence-corrected chi connectivity index (χ4v) is 5.69. The van der Waals surface area contributed by atoms with Crippen LogP contribution in [0.2, 0.25) is 0 Å². The van der Waals surface area contributed by atoms with Crippen molar-refractivity contribution in [2.24, 2.45) is 23.2 Å². The summed E-state index contributed by atoms with van der Waals surface area (Å²) in [5, 5.41) is 5.60. The summed E-state index contributed by atoms with van der Waals surface area (Å²) in [4.78, 5) is 12.1. The number of alkyl halides is 3. The first kappa shape index (κ1) is 16.7. The molecule has 2 N–H and O–H groups in total. The molecule has 3 nitrogen and oxygen atoms in total. The molecular weight excluding hydrogens is 329 g/mol. The summed E-state index contributed by atoms with van der Waals surface area (Å²) in [6, 6.07) is 4.19. The maximum absolute atomic E-state index is 12.6. The zero-order valence-corrected chi connectivity index (χ0v) is 14.0. The van der Waals surface area contributed by atoms with Gasteiger partial charge in [0.25, 0.3) is 0 Å². The topological polar surface area (TPSA) is 41.1 Å². The van der Waals surface area contributed by atoms with Gasteiger partial charge in [0.1, 0.15) is 0 Å². The van der Waals surface area contributed by atoms with Crippen molar-refractivity contribution in [2.45, 2.75) is 44.7 Å². The molecule has 0 spiro atoms. The van der Waals surface area contributed by atoms with E-state index in [1.807, 2.05) is 0 Å². The third-order valence-corrected chi connectivity index (χ3v) is 6.26. The molecule has 0 heterocycles. The van der Waals surface area contributed by atoms with Gasteiger partial charge in [-0.05, 0) is 86.0 Å². The Morgan fingerprint density at radius 3 is 2.00 bits per heavy atom. The van der Waals surface area contributed by atoms with Crippen LogP contribution in [0.1, 0.15) is 44.1 Å². The standard InChI is InChI=1S/C19H23F3N2O/c20-19(21,22)15-1-3-16(4-2-15)24-17(25)23-11-18-8-12-5-13(9-18)7-14(6-12)10-18/h1-4,12-14H,5-11H2,(H2,23,24,25). The van der Waals surface area contributed by atoms with Crippen molar-refractivity contribution in [1.29, 1.82) is 0 Å². The number of nitrogens with one attached hydrogen (secondary N) is 2. The minimum Gasteiger partial charge on any atom is -0.337 e. The van der Waals surface area contributed by atoms with Gasteiger partial charge in [-0.15, -0.1) is 0 Å². The van der Waals surface area contributed by atoms with Gasteiger partial charge in [0, 0.05) is 12.2 Å². The number of amides is 2. The Bertz CT molecular complexity index is 618. The Hall–Kier alpha value is -1.72. The molecule has 4 fully saturated rings. The van der Waals surface area contributed by atoms with Crippen LogP contribution in [0.4, 0.5) is 23.7 Å². The van der Waals surface area contributed by atoms with Crippen LogP contribution in [0.5, 0.6) is 0 Å². The second-order valence-corrected chi connectivity index (χ2v) is 8.30. The minimum absolute atomic E-state index is 0.242. The molecule has 1 aromatic carbocycles. The summed E-state index contributed by atoms with van der Waals surface area (Å²) in [6.45, 7) is 0.670. The van der Waals surface area contributed by atoms with Crippen LogP contribution in [-0.2, 0) is 6.18 Å². The molecule has 4 aliphatic rings. The third kappa shape index (κ3) is 3.48. The first-order valence-corrected chi connectivity index (χ1v) is 9.03. The Morgan fingerprint density at radius 2 is 1.52 bits per heavy atom. The molecule has 6 heteroatoms. The van der Waals surface area contributed by atoms with Gasteiger partial charge in [-0.2, -0.15) is 13.2 Å². The van der Waals surface area contributed by atoms with E-state index in [-0.39, 0.29) is 11.4 Å². The number of carbonyl (C=O) groups is 1. The van der Waals surface area contributed by atoms with Crippen LogP contribution in [0.3, 0.4) is 0 Å². The third-order valence-electron chi connectivity index (χ3n) is 6.26. The normalized spacial score (nSPS) is 33.3. The van der Waals surface area contributed by atoms with Crippen LogP contribution in [-0.4, -0.2) is 12.6 Å². The van der Waals surface area contributed by atoms with Gasteiger partial charge in [-0.1, -0.05) is 0 Å². The maximum Gasteiger partial charge on any atom is 0.416 e. The first-order valence-electron chi connectivity index (χ1n) is 9.03. The second-order valence-electron chi connectivity index (χ2n) is 8.30. The number of carbonyl (C=O) groups excluding carboxylic acids is 1. The average molecular weight is 352 g/mol. The van der Waals surface area contributed by atoms with Crippen LogP contribution < -0.4 is 10.6 Å². The summed E-state index contributed by atoms with van der Waals surface area (Å²) in [5.74, 6) is 2.48. The number of benzene rings is 1. The van der Waals surface area contributed by atoms with Gasteiger partial charge in [-0.25, -0.2) is 4.79 Å². The fourth-order valence-electron chi connectivity index (χ4n) is 5.69.